The maximum atomic E-state index is 6.29. The molecule has 1 aromatic carbocycles. The highest BCUT2D eigenvalue weighted by atomic mass is 32.1. The molecule has 0 bridgehead atoms. The lowest BCUT2D eigenvalue weighted by Gasteiger charge is -2.31. The number of aryl methyl sites for hydroxylation is 1. The van der Waals surface area contributed by atoms with Gasteiger partial charge in [0.15, 0.2) is 0 Å². The van der Waals surface area contributed by atoms with Crippen molar-refractivity contribution in [2.75, 3.05) is 10.6 Å². The first-order valence-electron chi connectivity index (χ1n) is 7.05. The number of hydrogen-bond donors (Lipinski definition) is 1. The molecule has 2 unspecified atom stereocenters. The predicted molar refractivity (Wildman–Crippen MR) is 84.0 cm³/mol. The van der Waals surface area contributed by atoms with Crippen molar-refractivity contribution in [3.63, 3.8) is 0 Å². The SMILES string of the molecule is CCC1CCC(C)N1c1cc2nc(C)sc2cc1N. The maximum Gasteiger partial charge on any atom is 0.0907 e. The highest BCUT2D eigenvalue weighted by molar-refractivity contribution is 7.18. The van der Waals surface area contributed by atoms with Crippen molar-refractivity contribution in [2.24, 2.45) is 0 Å². The predicted octanol–water partition coefficient (Wildman–Crippen LogP) is 3.95. The van der Waals surface area contributed by atoms with E-state index in [2.05, 4.69) is 35.9 Å². The van der Waals surface area contributed by atoms with Gasteiger partial charge in [0.1, 0.15) is 0 Å². The lowest BCUT2D eigenvalue weighted by atomic mass is 10.1. The van der Waals surface area contributed by atoms with Gasteiger partial charge in [-0.05, 0) is 45.2 Å². The number of thiazole rings is 1. The number of aromatic nitrogens is 1. The summed E-state index contributed by atoms with van der Waals surface area (Å²) in [5.41, 5.74) is 9.44. The first-order valence-corrected chi connectivity index (χ1v) is 7.86. The summed E-state index contributed by atoms with van der Waals surface area (Å²) in [6.45, 7) is 6.61. The van der Waals surface area contributed by atoms with Crippen LogP contribution >= 0.6 is 11.3 Å². The number of anilines is 2. The third kappa shape index (κ3) is 2.08. The molecular weight excluding hydrogens is 254 g/mol. The van der Waals surface area contributed by atoms with Crippen molar-refractivity contribution in [1.82, 2.24) is 4.98 Å². The van der Waals surface area contributed by atoms with Crippen LogP contribution in [0.15, 0.2) is 12.1 Å². The zero-order valence-corrected chi connectivity index (χ0v) is 12.6. The molecule has 2 aromatic rings. The van der Waals surface area contributed by atoms with Crippen molar-refractivity contribution in [1.29, 1.82) is 0 Å². The summed E-state index contributed by atoms with van der Waals surface area (Å²) in [5.74, 6) is 0. The van der Waals surface area contributed by atoms with Gasteiger partial charge in [0, 0.05) is 12.1 Å². The first-order chi connectivity index (χ1) is 9.10. The second-order valence-corrected chi connectivity index (χ2v) is 6.74. The number of rotatable bonds is 2. The van der Waals surface area contributed by atoms with E-state index in [0.717, 1.165) is 16.2 Å². The zero-order valence-electron chi connectivity index (χ0n) is 11.8. The fourth-order valence-corrected chi connectivity index (χ4v) is 4.08. The summed E-state index contributed by atoms with van der Waals surface area (Å²) in [5, 5.41) is 1.10. The molecular formula is C15H21N3S. The Labute approximate surface area is 118 Å². The van der Waals surface area contributed by atoms with E-state index in [0.29, 0.717) is 12.1 Å². The van der Waals surface area contributed by atoms with Crippen LogP contribution in [0.3, 0.4) is 0 Å². The molecule has 19 heavy (non-hydrogen) atoms. The van der Waals surface area contributed by atoms with Crippen LogP contribution in [0, 0.1) is 6.92 Å². The van der Waals surface area contributed by atoms with Gasteiger partial charge in [-0.25, -0.2) is 4.98 Å². The van der Waals surface area contributed by atoms with Gasteiger partial charge in [0.2, 0.25) is 0 Å². The molecule has 1 saturated heterocycles. The molecule has 1 aliphatic heterocycles. The van der Waals surface area contributed by atoms with Gasteiger partial charge in [-0.15, -0.1) is 11.3 Å². The summed E-state index contributed by atoms with van der Waals surface area (Å²) < 4.78 is 1.19. The molecule has 1 fully saturated rings. The molecule has 0 aliphatic carbocycles. The van der Waals surface area contributed by atoms with Crippen LogP contribution < -0.4 is 10.6 Å². The van der Waals surface area contributed by atoms with E-state index in [-0.39, 0.29) is 0 Å². The average molecular weight is 275 g/mol. The quantitative estimate of drug-likeness (QED) is 0.844. The summed E-state index contributed by atoms with van der Waals surface area (Å²) in [4.78, 5) is 7.10. The number of nitrogens with zero attached hydrogens (tertiary/aromatic N) is 2. The molecule has 0 radical (unpaired) electrons. The van der Waals surface area contributed by atoms with E-state index >= 15 is 0 Å². The molecule has 0 amide bonds. The minimum absolute atomic E-state index is 0.574. The Balaban J connectivity index is 2.10. The first kappa shape index (κ1) is 12.7. The highest BCUT2D eigenvalue weighted by Crippen LogP contribution is 2.38. The van der Waals surface area contributed by atoms with Crippen LogP contribution in [-0.4, -0.2) is 17.1 Å². The van der Waals surface area contributed by atoms with Gasteiger partial charge >= 0.3 is 0 Å². The number of nitrogen functional groups attached to an aromatic ring is 1. The van der Waals surface area contributed by atoms with Gasteiger partial charge in [-0.2, -0.15) is 0 Å². The topological polar surface area (TPSA) is 42.2 Å². The van der Waals surface area contributed by atoms with Gasteiger partial charge in [0.25, 0.3) is 0 Å². The van der Waals surface area contributed by atoms with E-state index in [1.165, 1.54) is 29.6 Å². The van der Waals surface area contributed by atoms with Crippen LogP contribution in [0.5, 0.6) is 0 Å². The molecule has 3 nitrogen and oxygen atoms in total. The fourth-order valence-electron chi connectivity index (χ4n) is 3.22. The molecule has 2 atom stereocenters. The lowest BCUT2D eigenvalue weighted by Crippen LogP contribution is -2.34. The van der Waals surface area contributed by atoms with E-state index < -0.39 is 0 Å². The Morgan fingerprint density at radius 2 is 2.21 bits per heavy atom. The largest absolute Gasteiger partial charge is 0.397 e. The number of benzene rings is 1. The van der Waals surface area contributed by atoms with Gasteiger partial charge in [-0.3, -0.25) is 0 Å². The molecule has 0 saturated carbocycles. The Hall–Kier alpha value is -1.29. The lowest BCUT2D eigenvalue weighted by molar-refractivity contribution is 0.629. The smallest absolute Gasteiger partial charge is 0.0907 e. The Bertz CT molecular complexity index is 605. The van der Waals surface area contributed by atoms with Gasteiger partial charge in [0.05, 0.1) is 26.6 Å². The highest BCUT2D eigenvalue weighted by Gasteiger charge is 2.30. The summed E-state index contributed by atoms with van der Waals surface area (Å²) in [6.07, 6.45) is 3.70. The van der Waals surface area contributed by atoms with Crippen LogP contribution in [0.25, 0.3) is 10.2 Å². The zero-order chi connectivity index (χ0) is 13.6. The van der Waals surface area contributed by atoms with Crippen LogP contribution in [0.1, 0.15) is 38.1 Å². The van der Waals surface area contributed by atoms with E-state index in [4.69, 9.17) is 5.73 Å². The van der Waals surface area contributed by atoms with Crippen molar-refractivity contribution >= 4 is 32.9 Å². The molecule has 4 heteroatoms. The monoisotopic (exact) mass is 275 g/mol. The summed E-state index contributed by atoms with van der Waals surface area (Å²) in [6, 6.07) is 5.46. The van der Waals surface area contributed by atoms with Gasteiger partial charge in [-0.1, -0.05) is 6.92 Å². The standard InChI is InChI=1S/C15H21N3S/c1-4-11-6-5-9(2)18(11)14-8-13-15(7-12(14)16)19-10(3)17-13/h7-9,11H,4-6,16H2,1-3H3. The average Bonchev–Trinajstić information content (AvgIpc) is 2.90. The molecule has 2 N–H and O–H groups in total. The number of nitrogens with two attached hydrogens (primary N) is 1. The molecule has 1 aromatic heterocycles. The normalized spacial score (nSPS) is 23.4. The number of fused-ring (bicyclic) bond motifs is 1. The number of hydrogen-bond acceptors (Lipinski definition) is 4. The minimum atomic E-state index is 0.574. The second kappa shape index (κ2) is 4.67. The van der Waals surface area contributed by atoms with Gasteiger partial charge < -0.3 is 10.6 Å². The fraction of sp³-hybridized carbons (Fsp3) is 0.533. The Morgan fingerprint density at radius 3 is 2.95 bits per heavy atom. The van der Waals surface area contributed by atoms with E-state index in [1.54, 1.807) is 11.3 Å². The van der Waals surface area contributed by atoms with Crippen LogP contribution in [0.4, 0.5) is 11.4 Å². The van der Waals surface area contributed by atoms with Crippen LogP contribution in [-0.2, 0) is 0 Å². The third-order valence-electron chi connectivity index (χ3n) is 4.18. The molecule has 3 rings (SSSR count). The second-order valence-electron chi connectivity index (χ2n) is 5.51. The minimum Gasteiger partial charge on any atom is -0.397 e. The summed E-state index contributed by atoms with van der Waals surface area (Å²) in [7, 11) is 0. The summed E-state index contributed by atoms with van der Waals surface area (Å²) >= 11 is 1.72. The maximum absolute atomic E-state index is 6.29. The van der Waals surface area contributed by atoms with E-state index in [1.807, 2.05) is 6.92 Å². The molecule has 1 aliphatic rings. The van der Waals surface area contributed by atoms with Crippen molar-refractivity contribution in [3.05, 3.63) is 17.1 Å². The van der Waals surface area contributed by atoms with E-state index in [9.17, 15) is 0 Å². The third-order valence-corrected chi connectivity index (χ3v) is 5.11. The molecule has 0 spiro atoms. The molecule has 102 valence electrons. The van der Waals surface area contributed by atoms with Crippen molar-refractivity contribution < 1.29 is 0 Å². The van der Waals surface area contributed by atoms with Crippen LogP contribution in [0.2, 0.25) is 0 Å². The van der Waals surface area contributed by atoms with Crippen molar-refractivity contribution in [2.45, 2.75) is 52.1 Å². The molecule has 2 heterocycles. The van der Waals surface area contributed by atoms with Crippen molar-refractivity contribution in [3.8, 4) is 0 Å². The Kier molecular flexibility index (Phi) is 3.13. The Morgan fingerprint density at radius 1 is 1.42 bits per heavy atom.